The lowest BCUT2D eigenvalue weighted by atomic mass is 9.86. The number of carbonyl (C=O) groups excluding carboxylic acids is 1. The van der Waals surface area contributed by atoms with Gasteiger partial charge in [-0.2, -0.15) is 0 Å². The van der Waals surface area contributed by atoms with Crippen LogP contribution in [0.25, 0.3) is 0 Å². The Hall–Kier alpha value is -2.64. The zero-order valence-corrected chi connectivity index (χ0v) is 18.7. The van der Waals surface area contributed by atoms with Crippen LogP contribution in [0.4, 0.5) is 14.9 Å². The molecule has 2 amide bonds. The van der Waals surface area contributed by atoms with E-state index >= 15 is 0 Å². The largest absolute Gasteiger partial charge is 0.489 e. The molecule has 32 heavy (non-hydrogen) atoms. The predicted molar refractivity (Wildman–Crippen MR) is 120 cm³/mol. The minimum atomic E-state index is -1.09. The van der Waals surface area contributed by atoms with E-state index in [0.717, 1.165) is 30.6 Å². The van der Waals surface area contributed by atoms with Gasteiger partial charge in [-0.3, -0.25) is 4.90 Å². The van der Waals surface area contributed by atoms with Gasteiger partial charge in [0.25, 0.3) is 0 Å². The summed E-state index contributed by atoms with van der Waals surface area (Å²) in [5.41, 5.74) is 1.14. The monoisotopic (exact) mass is 442 g/mol. The zero-order valence-electron chi connectivity index (χ0n) is 18.7. The molecule has 0 radical (unpaired) electrons. The Morgan fingerprint density at radius 3 is 2.62 bits per heavy atom. The van der Waals surface area contributed by atoms with Crippen molar-refractivity contribution < 1.29 is 23.8 Å². The number of hydrogen-bond acceptors (Lipinski definition) is 4. The summed E-state index contributed by atoms with van der Waals surface area (Å²) in [5.74, 6) is -0.0663. The highest BCUT2D eigenvalue weighted by atomic mass is 19.1. The maximum Gasteiger partial charge on any atom is 0.324 e. The molecule has 4 rings (SSSR count). The molecule has 2 aromatic carbocycles. The number of rotatable bonds is 5. The average molecular weight is 443 g/mol. The molecule has 2 aliphatic heterocycles. The molecular weight excluding hydrogens is 411 g/mol. The van der Waals surface area contributed by atoms with Crippen molar-refractivity contribution in [2.45, 2.75) is 50.9 Å². The van der Waals surface area contributed by atoms with Gasteiger partial charge in [0.1, 0.15) is 18.2 Å². The number of carbonyl (C=O) groups is 1. The van der Waals surface area contributed by atoms with E-state index in [-0.39, 0.29) is 18.7 Å². The number of halogens is 1. The van der Waals surface area contributed by atoms with Crippen molar-refractivity contribution >= 4 is 11.7 Å². The van der Waals surface area contributed by atoms with Gasteiger partial charge < -0.3 is 19.5 Å². The Kier molecular flexibility index (Phi) is 6.67. The highest BCUT2D eigenvalue weighted by molar-refractivity contribution is 5.91. The van der Waals surface area contributed by atoms with Gasteiger partial charge in [0.2, 0.25) is 0 Å². The van der Waals surface area contributed by atoms with Crippen LogP contribution in [0.3, 0.4) is 0 Å². The summed E-state index contributed by atoms with van der Waals surface area (Å²) >= 11 is 0. The van der Waals surface area contributed by atoms with Crippen LogP contribution in [-0.2, 0) is 16.9 Å². The fraction of sp³-hybridized carbons (Fsp3) is 0.480. The standard InChI is InChI=1S/C25H31FN2O4/c1-18-4-3-11-28(18)24(29)27(2)22-7-5-19(6-8-22)17-32-23-15-20(14-21(26)16-23)25(30)9-12-31-13-10-25/h5-8,14-16,18,30H,3-4,9-13,17H2,1-2H3. The maximum atomic E-state index is 14.2. The maximum absolute atomic E-state index is 14.2. The first-order valence-electron chi connectivity index (χ1n) is 11.2. The Balaban J connectivity index is 1.40. The van der Waals surface area contributed by atoms with Crippen LogP contribution in [0.1, 0.15) is 43.7 Å². The van der Waals surface area contributed by atoms with E-state index in [1.807, 2.05) is 29.2 Å². The van der Waals surface area contributed by atoms with Gasteiger partial charge in [0, 0.05) is 57.4 Å². The average Bonchev–Trinajstić information content (AvgIpc) is 3.23. The van der Waals surface area contributed by atoms with Gasteiger partial charge >= 0.3 is 6.03 Å². The van der Waals surface area contributed by atoms with Crippen LogP contribution in [0, 0.1) is 5.82 Å². The number of urea groups is 1. The number of aliphatic hydroxyl groups is 1. The summed E-state index contributed by atoms with van der Waals surface area (Å²) < 4.78 is 25.3. The van der Waals surface area contributed by atoms with Crippen molar-refractivity contribution in [3.8, 4) is 5.75 Å². The second-order valence-corrected chi connectivity index (χ2v) is 8.80. The molecular formula is C25H31FN2O4. The first kappa shape index (κ1) is 22.6. The van der Waals surface area contributed by atoms with Crippen molar-refractivity contribution in [3.63, 3.8) is 0 Å². The second-order valence-electron chi connectivity index (χ2n) is 8.80. The first-order chi connectivity index (χ1) is 15.4. The zero-order chi connectivity index (χ0) is 22.7. The fourth-order valence-corrected chi connectivity index (χ4v) is 4.42. The minimum absolute atomic E-state index is 0.0114. The molecule has 0 saturated carbocycles. The topological polar surface area (TPSA) is 62.2 Å². The summed E-state index contributed by atoms with van der Waals surface area (Å²) in [5, 5.41) is 10.9. The Morgan fingerprint density at radius 1 is 1.25 bits per heavy atom. The second kappa shape index (κ2) is 9.46. The molecule has 2 aromatic rings. The third kappa shape index (κ3) is 4.89. The molecule has 0 aliphatic carbocycles. The summed E-state index contributed by atoms with van der Waals surface area (Å²) in [6, 6.07) is 12.2. The molecule has 0 bridgehead atoms. The molecule has 6 nitrogen and oxygen atoms in total. The number of benzene rings is 2. The van der Waals surface area contributed by atoms with Crippen LogP contribution in [0.15, 0.2) is 42.5 Å². The summed E-state index contributed by atoms with van der Waals surface area (Å²) in [7, 11) is 1.79. The molecule has 1 unspecified atom stereocenters. The Bertz CT molecular complexity index is 943. The highest BCUT2D eigenvalue weighted by Gasteiger charge is 2.32. The molecule has 172 valence electrons. The molecule has 0 aromatic heterocycles. The predicted octanol–water partition coefficient (Wildman–Crippen LogP) is 4.44. The van der Waals surface area contributed by atoms with Gasteiger partial charge in [-0.25, -0.2) is 9.18 Å². The number of likely N-dealkylation sites (tertiary alicyclic amines) is 1. The Labute approximate surface area is 188 Å². The SMILES string of the molecule is CC1CCCN1C(=O)N(C)c1ccc(COc2cc(F)cc(C3(O)CCOCC3)c2)cc1. The number of hydrogen-bond donors (Lipinski definition) is 1. The van der Waals surface area contributed by atoms with Gasteiger partial charge in [-0.15, -0.1) is 0 Å². The quantitative estimate of drug-likeness (QED) is 0.744. The Morgan fingerprint density at radius 2 is 1.97 bits per heavy atom. The van der Waals surface area contributed by atoms with Crippen molar-refractivity contribution in [1.29, 1.82) is 0 Å². The van der Waals surface area contributed by atoms with Gasteiger partial charge in [-0.1, -0.05) is 12.1 Å². The smallest absolute Gasteiger partial charge is 0.324 e. The van der Waals surface area contributed by atoms with Crippen molar-refractivity contribution in [2.75, 3.05) is 31.7 Å². The lowest BCUT2D eigenvalue weighted by Gasteiger charge is -2.32. The third-order valence-corrected chi connectivity index (χ3v) is 6.54. The normalized spacial score (nSPS) is 20.2. The molecule has 1 atom stereocenters. The van der Waals surface area contributed by atoms with Crippen molar-refractivity contribution in [2.24, 2.45) is 0 Å². The lowest BCUT2D eigenvalue weighted by molar-refractivity contribution is -0.0681. The minimum Gasteiger partial charge on any atom is -0.489 e. The first-order valence-corrected chi connectivity index (χ1v) is 11.2. The lowest BCUT2D eigenvalue weighted by Crippen LogP contribution is -2.42. The van der Waals surface area contributed by atoms with Crippen LogP contribution >= 0.6 is 0 Å². The summed E-state index contributed by atoms with van der Waals surface area (Å²) in [4.78, 5) is 16.3. The van der Waals surface area contributed by atoms with E-state index in [1.54, 1.807) is 18.0 Å². The third-order valence-electron chi connectivity index (χ3n) is 6.54. The van der Waals surface area contributed by atoms with E-state index in [9.17, 15) is 14.3 Å². The molecule has 1 N–H and O–H groups in total. The molecule has 2 aliphatic rings. The highest BCUT2D eigenvalue weighted by Crippen LogP contribution is 2.34. The van der Waals surface area contributed by atoms with Crippen LogP contribution in [0.2, 0.25) is 0 Å². The summed E-state index contributed by atoms with van der Waals surface area (Å²) in [6.07, 6.45) is 2.95. The van der Waals surface area contributed by atoms with Crippen LogP contribution < -0.4 is 9.64 Å². The number of nitrogens with zero attached hydrogens (tertiary/aromatic N) is 2. The van der Waals surface area contributed by atoms with E-state index < -0.39 is 11.4 Å². The van der Waals surface area contributed by atoms with E-state index in [1.165, 1.54) is 12.1 Å². The van der Waals surface area contributed by atoms with E-state index in [0.29, 0.717) is 37.4 Å². The van der Waals surface area contributed by atoms with E-state index in [2.05, 4.69) is 6.92 Å². The van der Waals surface area contributed by atoms with Crippen molar-refractivity contribution in [3.05, 3.63) is 59.4 Å². The van der Waals surface area contributed by atoms with Gasteiger partial charge in [-0.05, 0) is 55.2 Å². The molecule has 2 heterocycles. The van der Waals surface area contributed by atoms with Crippen molar-refractivity contribution in [1.82, 2.24) is 4.90 Å². The molecule has 0 spiro atoms. The van der Waals surface area contributed by atoms with E-state index in [4.69, 9.17) is 9.47 Å². The van der Waals surface area contributed by atoms with Crippen LogP contribution in [0.5, 0.6) is 5.75 Å². The number of amides is 2. The fourth-order valence-electron chi connectivity index (χ4n) is 4.42. The number of ether oxygens (including phenoxy) is 2. The van der Waals surface area contributed by atoms with Gasteiger partial charge in [0.05, 0.1) is 5.60 Å². The summed E-state index contributed by atoms with van der Waals surface area (Å²) in [6.45, 7) is 4.03. The number of anilines is 1. The molecule has 7 heteroatoms. The molecule has 2 saturated heterocycles. The van der Waals surface area contributed by atoms with Crippen LogP contribution in [-0.4, -0.2) is 48.9 Å². The van der Waals surface area contributed by atoms with Gasteiger partial charge in [0.15, 0.2) is 0 Å². The molecule has 2 fully saturated rings.